The summed E-state index contributed by atoms with van der Waals surface area (Å²) in [7, 11) is 1.39. The molecule has 0 radical (unpaired) electrons. The van der Waals surface area contributed by atoms with Gasteiger partial charge < -0.3 is 18.6 Å². The number of esters is 2. The van der Waals surface area contributed by atoms with Crippen molar-refractivity contribution in [3.8, 4) is 0 Å². The molecule has 0 N–H and O–H groups in total. The van der Waals surface area contributed by atoms with E-state index in [4.69, 9.17) is 18.6 Å². The summed E-state index contributed by atoms with van der Waals surface area (Å²) in [5, 5.41) is 0. The smallest absolute Gasteiger partial charge is 0.310 e. The first-order valence-electron chi connectivity index (χ1n) is 11.7. The molecule has 7 atom stereocenters. The normalized spacial score (nSPS) is 39.1. The minimum Gasteiger partial charge on any atom is -0.472 e. The SMILES string of the molecule is CCCCO[C@H]1C[C@@H](C(=O)OC)[C@]2(C)CCC3C(=O)O[C@H](c4ccoc4)C[C@]3(C)[C@H]2C1=O. The fraction of sp³-hybridized carbons (Fsp3) is 0.720. The summed E-state index contributed by atoms with van der Waals surface area (Å²) in [6.45, 7) is 6.59. The van der Waals surface area contributed by atoms with Gasteiger partial charge >= 0.3 is 11.9 Å². The van der Waals surface area contributed by atoms with Gasteiger partial charge in [0.05, 0.1) is 31.5 Å². The highest BCUT2D eigenvalue weighted by atomic mass is 16.5. The Hall–Kier alpha value is -2.15. The van der Waals surface area contributed by atoms with Crippen molar-refractivity contribution in [1.82, 2.24) is 0 Å². The molecule has 1 unspecified atom stereocenters. The van der Waals surface area contributed by atoms with Gasteiger partial charge in [-0.25, -0.2) is 0 Å². The average molecular weight is 447 g/mol. The number of fused-ring (bicyclic) bond motifs is 3. The number of unbranched alkanes of at least 4 members (excludes halogenated alkanes) is 1. The molecule has 1 aliphatic heterocycles. The minimum absolute atomic E-state index is 0.0107. The predicted octanol–water partition coefficient (Wildman–Crippen LogP) is 4.25. The molecule has 1 aromatic heterocycles. The maximum atomic E-state index is 13.9. The van der Waals surface area contributed by atoms with Gasteiger partial charge in [-0.3, -0.25) is 14.4 Å². The summed E-state index contributed by atoms with van der Waals surface area (Å²) in [6.07, 6.45) is 5.83. The van der Waals surface area contributed by atoms with Gasteiger partial charge in [0.25, 0.3) is 0 Å². The number of carbonyl (C=O) groups excluding carboxylic acids is 3. The first-order valence-corrected chi connectivity index (χ1v) is 11.7. The van der Waals surface area contributed by atoms with Crippen molar-refractivity contribution < 1.29 is 33.0 Å². The predicted molar refractivity (Wildman–Crippen MR) is 114 cm³/mol. The van der Waals surface area contributed by atoms with Gasteiger partial charge in [0.15, 0.2) is 5.78 Å². The number of methoxy groups -OCH3 is 1. The second-order valence-corrected chi connectivity index (χ2v) is 10.1. The summed E-state index contributed by atoms with van der Waals surface area (Å²) >= 11 is 0. The van der Waals surface area contributed by atoms with Crippen molar-refractivity contribution in [3.63, 3.8) is 0 Å². The molecule has 3 fully saturated rings. The second kappa shape index (κ2) is 8.65. The van der Waals surface area contributed by atoms with Crippen molar-refractivity contribution in [2.45, 2.75) is 71.5 Å². The van der Waals surface area contributed by atoms with E-state index < -0.39 is 34.9 Å². The molecular weight excluding hydrogens is 412 g/mol. The monoisotopic (exact) mass is 446 g/mol. The van der Waals surface area contributed by atoms with E-state index in [9.17, 15) is 14.4 Å². The van der Waals surface area contributed by atoms with E-state index >= 15 is 0 Å². The molecule has 0 amide bonds. The van der Waals surface area contributed by atoms with E-state index in [2.05, 4.69) is 6.92 Å². The summed E-state index contributed by atoms with van der Waals surface area (Å²) < 4.78 is 22.2. The van der Waals surface area contributed by atoms with Gasteiger partial charge in [0.2, 0.25) is 0 Å². The molecule has 0 bridgehead atoms. The summed E-state index contributed by atoms with van der Waals surface area (Å²) in [5.41, 5.74) is -0.465. The van der Waals surface area contributed by atoms with Crippen LogP contribution in [0.25, 0.3) is 0 Å². The van der Waals surface area contributed by atoms with Crippen LogP contribution in [0.4, 0.5) is 0 Å². The van der Waals surface area contributed by atoms with Gasteiger partial charge in [-0.2, -0.15) is 0 Å². The topological polar surface area (TPSA) is 92.0 Å². The highest BCUT2D eigenvalue weighted by Gasteiger charge is 2.67. The molecule has 7 nitrogen and oxygen atoms in total. The van der Waals surface area contributed by atoms with Gasteiger partial charge in [-0.05, 0) is 49.0 Å². The zero-order chi connectivity index (χ0) is 23.1. The van der Waals surface area contributed by atoms with Gasteiger partial charge in [0, 0.05) is 18.1 Å². The van der Waals surface area contributed by atoms with Crippen LogP contribution in [0, 0.1) is 28.6 Å². The number of carbonyl (C=O) groups is 3. The van der Waals surface area contributed by atoms with E-state index in [-0.39, 0.29) is 23.6 Å². The molecule has 1 aromatic rings. The van der Waals surface area contributed by atoms with E-state index in [0.29, 0.717) is 32.3 Å². The number of hydrogen-bond donors (Lipinski definition) is 0. The minimum atomic E-state index is -0.662. The van der Waals surface area contributed by atoms with Crippen molar-refractivity contribution in [2.75, 3.05) is 13.7 Å². The Morgan fingerprint density at radius 1 is 1.25 bits per heavy atom. The largest absolute Gasteiger partial charge is 0.472 e. The number of ketones is 1. The summed E-state index contributed by atoms with van der Waals surface area (Å²) in [6, 6.07) is 1.79. The van der Waals surface area contributed by atoms with E-state index in [1.54, 1.807) is 18.6 Å². The van der Waals surface area contributed by atoms with Crippen LogP contribution >= 0.6 is 0 Å². The lowest BCUT2D eigenvalue weighted by molar-refractivity contribution is -0.209. The Bertz CT molecular complexity index is 862. The number of rotatable bonds is 6. The maximum absolute atomic E-state index is 13.9. The van der Waals surface area contributed by atoms with Gasteiger partial charge in [-0.1, -0.05) is 27.2 Å². The third-order valence-corrected chi connectivity index (χ3v) is 8.32. The Labute approximate surface area is 189 Å². The Morgan fingerprint density at radius 3 is 2.69 bits per heavy atom. The third-order valence-electron chi connectivity index (χ3n) is 8.32. The number of Topliss-reactive ketones (excluding diaryl/α,β-unsaturated/α-hetero) is 1. The zero-order valence-corrected chi connectivity index (χ0v) is 19.4. The molecular formula is C25H34O7. The number of hydrogen-bond acceptors (Lipinski definition) is 7. The van der Waals surface area contributed by atoms with Crippen molar-refractivity contribution in [1.29, 1.82) is 0 Å². The summed E-state index contributed by atoms with van der Waals surface area (Å²) in [5.74, 6) is -1.91. The Balaban J connectivity index is 1.74. The molecule has 2 heterocycles. The molecule has 32 heavy (non-hydrogen) atoms. The molecule has 7 heteroatoms. The first kappa shape index (κ1) is 23.0. The highest BCUT2D eigenvalue weighted by molar-refractivity contribution is 5.92. The van der Waals surface area contributed by atoms with Crippen molar-refractivity contribution >= 4 is 17.7 Å². The first-order chi connectivity index (χ1) is 15.3. The number of furan rings is 1. The zero-order valence-electron chi connectivity index (χ0n) is 19.4. The molecule has 0 aromatic carbocycles. The lowest BCUT2D eigenvalue weighted by Gasteiger charge is -2.61. The van der Waals surface area contributed by atoms with Gasteiger partial charge in [0.1, 0.15) is 12.2 Å². The fourth-order valence-electron chi connectivity index (χ4n) is 6.68. The van der Waals surface area contributed by atoms with Gasteiger partial charge in [-0.15, -0.1) is 0 Å². The highest BCUT2D eigenvalue weighted by Crippen LogP contribution is 2.65. The lowest BCUT2D eigenvalue weighted by atomic mass is 9.43. The Morgan fingerprint density at radius 2 is 2.03 bits per heavy atom. The van der Waals surface area contributed by atoms with Crippen LogP contribution in [0.1, 0.15) is 71.0 Å². The molecule has 4 rings (SSSR count). The van der Waals surface area contributed by atoms with Crippen LogP contribution in [-0.2, 0) is 28.6 Å². The standard InChI is InChI=1S/C25H34O7/c1-5-6-10-31-18-12-17(22(27)29-4)24(2)9-7-16-23(28)32-19(15-8-11-30-14-15)13-25(16,3)21(24)20(18)26/h8,11,14,16-19,21H,5-7,9-10,12-13H2,1-4H3/t16?,17-,18-,19-,21-,24-,25-/m0/s1. The van der Waals surface area contributed by atoms with Crippen LogP contribution in [0.5, 0.6) is 0 Å². The van der Waals surface area contributed by atoms with Crippen LogP contribution < -0.4 is 0 Å². The summed E-state index contributed by atoms with van der Waals surface area (Å²) in [4.78, 5) is 39.9. The number of cyclic esters (lactones) is 1. The van der Waals surface area contributed by atoms with Crippen LogP contribution in [0.3, 0.4) is 0 Å². The molecule has 2 aliphatic carbocycles. The average Bonchev–Trinajstić information content (AvgIpc) is 3.29. The number of ether oxygens (including phenoxy) is 3. The molecule has 2 saturated carbocycles. The van der Waals surface area contributed by atoms with Crippen LogP contribution in [-0.4, -0.2) is 37.5 Å². The molecule has 1 saturated heterocycles. The second-order valence-electron chi connectivity index (χ2n) is 10.1. The lowest BCUT2D eigenvalue weighted by Crippen LogP contribution is -2.64. The molecule has 176 valence electrons. The van der Waals surface area contributed by atoms with Crippen molar-refractivity contribution in [3.05, 3.63) is 24.2 Å². The van der Waals surface area contributed by atoms with Crippen molar-refractivity contribution in [2.24, 2.45) is 28.6 Å². The molecule has 3 aliphatic rings. The van der Waals surface area contributed by atoms with Crippen LogP contribution in [0.15, 0.2) is 23.0 Å². The van der Waals surface area contributed by atoms with Crippen LogP contribution in [0.2, 0.25) is 0 Å². The van der Waals surface area contributed by atoms with E-state index in [1.165, 1.54) is 7.11 Å². The fourth-order valence-corrected chi connectivity index (χ4v) is 6.68. The quantitative estimate of drug-likeness (QED) is 0.476. The third kappa shape index (κ3) is 3.58. The Kier molecular flexibility index (Phi) is 6.23. The molecule has 0 spiro atoms. The van der Waals surface area contributed by atoms with E-state index in [0.717, 1.165) is 18.4 Å². The maximum Gasteiger partial charge on any atom is 0.310 e. The van der Waals surface area contributed by atoms with E-state index in [1.807, 2.05) is 13.8 Å².